The lowest BCUT2D eigenvalue weighted by Gasteiger charge is -2.49. The second-order valence-corrected chi connectivity index (χ2v) is 6.31. The minimum Gasteiger partial charge on any atom is -0.477 e. The number of aromatic nitrogens is 1. The second-order valence-electron chi connectivity index (χ2n) is 6.31. The molecule has 0 unspecified atom stereocenters. The molecule has 25 heavy (non-hydrogen) atoms. The molecule has 1 aromatic rings. The summed E-state index contributed by atoms with van der Waals surface area (Å²) >= 11 is 0. The summed E-state index contributed by atoms with van der Waals surface area (Å²) < 4.78 is 0. The molecule has 0 radical (unpaired) electrons. The summed E-state index contributed by atoms with van der Waals surface area (Å²) in [6, 6.07) is 4.26. The summed E-state index contributed by atoms with van der Waals surface area (Å²) in [5.41, 5.74) is 1.13. The van der Waals surface area contributed by atoms with Crippen LogP contribution in [0.5, 0.6) is 0 Å². The number of pyridine rings is 1. The van der Waals surface area contributed by atoms with E-state index in [1.54, 1.807) is 30.5 Å². The number of amides is 2. The van der Waals surface area contributed by atoms with Gasteiger partial charge < -0.3 is 10.2 Å². The van der Waals surface area contributed by atoms with E-state index in [4.69, 9.17) is 0 Å². The predicted molar refractivity (Wildman–Crippen MR) is 85.2 cm³/mol. The molecule has 0 bridgehead atoms. The van der Waals surface area contributed by atoms with Crippen molar-refractivity contribution in [2.24, 2.45) is 5.92 Å². The van der Waals surface area contributed by atoms with Gasteiger partial charge in [0.05, 0.1) is 11.7 Å². The van der Waals surface area contributed by atoms with E-state index >= 15 is 0 Å². The van der Waals surface area contributed by atoms with E-state index in [9.17, 15) is 24.6 Å². The minimum absolute atomic E-state index is 0.0538. The monoisotopic (exact) mass is 341 g/mol. The van der Waals surface area contributed by atoms with E-state index in [2.05, 4.69) is 4.98 Å². The average Bonchev–Trinajstić information content (AvgIpc) is 2.96. The van der Waals surface area contributed by atoms with Crippen molar-refractivity contribution in [3.63, 3.8) is 0 Å². The van der Waals surface area contributed by atoms with Crippen molar-refractivity contribution in [1.82, 2.24) is 14.8 Å². The topological polar surface area (TPSA) is 111 Å². The third-order valence-electron chi connectivity index (χ3n) is 4.98. The lowest BCUT2D eigenvalue weighted by molar-refractivity contribution is -0.156. The van der Waals surface area contributed by atoms with Crippen molar-refractivity contribution in [3.05, 3.63) is 47.4 Å². The molecule has 0 aliphatic carbocycles. The zero-order valence-corrected chi connectivity index (χ0v) is 13.1. The molecule has 128 valence electrons. The largest absolute Gasteiger partial charge is 0.477 e. The summed E-state index contributed by atoms with van der Waals surface area (Å²) in [6.07, 6.45) is 4.26. The Morgan fingerprint density at radius 1 is 1.24 bits per heavy atom. The number of carboxylic acid groups (broad SMARTS) is 2. The van der Waals surface area contributed by atoms with Gasteiger partial charge in [-0.2, -0.15) is 0 Å². The molecule has 4 heterocycles. The summed E-state index contributed by atoms with van der Waals surface area (Å²) in [7, 11) is 0. The zero-order valence-electron chi connectivity index (χ0n) is 13.1. The highest BCUT2D eigenvalue weighted by atomic mass is 16.4. The highest BCUT2D eigenvalue weighted by Crippen LogP contribution is 2.47. The molecular weight excluding hydrogens is 326 g/mol. The number of β-lactam (4-membered cyclic amide) rings is 1. The number of carbonyl (C=O) groups is 3. The van der Waals surface area contributed by atoms with E-state index in [1.165, 1.54) is 4.90 Å². The lowest BCUT2D eigenvalue weighted by atomic mass is 9.79. The Hall–Kier alpha value is -3.16. The first-order valence-electron chi connectivity index (χ1n) is 7.87. The fourth-order valence-corrected chi connectivity index (χ4v) is 3.98. The first-order chi connectivity index (χ1) is 12.0. The van der Waals surface area contributed by atoms with Gasteiger partial charge in [0.15, 0.2) is 0 Å². The predicted octanol–water partition coefficient (Wildman–Crippen LogP) is 1.03. The maximum Gasteiger partial charge on any atom is 0.408 e. The van der Waals surface area contributed by atoms with Crippen molar-refractivity contribution in [3.8, 4) is 0 Å². The maximum atomic E-state index is 12.4. The SMILES string of the molecule is O=C(O)C1=C(/C=C/c2ccccn2)C[C@@H]2CN(C(=O)O)[C@@H]3C(=O)N1[C@H]23. The average molecular weight is 341 g/mol. The molecule has 2 saturated heterocycles. The van der Waals surface area contributed by atoms with Crippen LogP contribution in [-0.4, -0.2) is 61.6 Å². The van der Waals surface area contributed by atoms with Gasteiger partial charge in [-0.1, -0.05) is 12.1 Å². The number of nitrogens with zero attached hydrogens (tertiary/aromatic N) is 3. The lowest BCUT2D eigenvalue weighted by Crippen LogP contribution is -2.69. The Labute approximate surface area is 142 Å². The molecule has 3 atom stereocenters. The maximum absolute atomic E-state index is 12.4. The van der Waals surface area contributed by atoms with Gasteiger partial charge in [0.2, 0.25) is 0 Å². The summed E-state index contributed by atoms with van der Waals surface area (Å²) in [6.45, 7) is 0.237. The van der Waals surface area contributed by atoms with Crippen LogP contribution in [0, 0.1) is 5.92 Å². The standard InChI is InChI=1S/C17H15N3O5/c21-15-14-12-10(8-19(14)17(24)25)7-9(13(16(22)23)20(12)15)4-5-11-3-1-2-6-18-11/h1-6,10,12,14H,7-8H2,(H,22,23)(H,24,25)/b5-4+/t10-,12-,14+/m1/s1. The Kier molecular flexibility index (Phi) is 3.34. The smallest absolute Gasteiger partial charge is 0.408 e. The molecular formula is C17H15N3O5. The van der Waals surface area contributed by atoms with Gasteiger partial charge in [0.1, 0.15) is 11.7 Å². The van der Waals surface area contributed by atoms with Crippen LogP contribution in [0.2, 0.25) is 0 Å². The van der Waals surface area contributed by atoms with Crippen LogP contribution in [0.4, 0.5) is 4.79 Å². The summed E-state index contributed by atoms with van der Waals surface area (Å²) in [5, 5.41) is 18.9. The van der Waals surface area contributed by atoms with Crippen molar-refractivity contribution in [1.29, 1.82) is 0 Å². The van der Waals surface area contributed by atoms with Gasteiger partial charge in [-0.05, 0) is 30.2 Å². The van der Waals surface area contributed by atoms with Crippen LogP contribution >= 0.6 is 0 Å². The molecule has 0 saturated carbocycles. The Morgan fingerprint density at radius 3 is 2.68 bits per heavy atom. The fourth-order valence-electron chi connectivity index (χ4n) is 3.98. The highest BCUT2D eigenvalue weighted by molar-refractivity contribution is 6.02. The van der Waals surface area contributed by atoms with Crippen LogP contribution in [0.25, 0.3) is 6.08 Å². The van der Waals surface area contributed by atoms with Crippen molar-refractivity contribution in [2.45, 2.75) is 18.5 Å². The molecule has 3 aliphatic rings. The number of carboxylic acids is 1. The number of likely N-dealkylation sites (tertiary alicyclic amines) is 1. The second kappa shape index (κ2) is 5.44. The van der Waals surface area contributed by atoms with Gasteiger partial charge >= 0.3 is 12.1 Å². The van der Waals surface area contributed by atoms with E-state index in [0.29, 0.717) is 17.7 Å². The van der Waals surface area contributed by atoms with E-state index in [0.717, 1.165) is 4.90 Å². The van der Waals surface area contributed by atoms with Crippen molar-refractivity contribution in [2.75, 3.05) is 6.54 Å². The third kappa shape index (κ3) is 2.21. The van der Waals surface area contributed by atoms with Gasteiger partial charge in [-0.3, -0.25) is 19.6 Å². The Morgan fingerprint density at radius 2 is 2.04 bits per heavy atom. The molecule has 8 heteroatoms. The normalized spacial score (nSPS) is 27.5. The molecule has 4 rings (SSSR count). The molecule has 0 spiro atoms. The molecule has 2 N–H and O–H groups in total. The molecule has 2 fully saturated rings. The van der Waals surface area contributed by atoms with Crippen molar-refractivity contribution >= 4 is 24.0 Å². The quantitative estimate of drug-likeness (QED) is 0.794. The number of rotatable bonds is 3. The molecule has 1 aromatic heterocycles. The van der Waals surface area contributed by atoms with E-state index in [-0.39, 0.29) is 24.2 Å². The van der Waals surface area contributed by atoms with Gasteiger partial charge in [0.25, 0.3) is 5.91 Å². The Bertz CT molecular complexity index is 832. The van der Waals surface area contributed by atoms with Gasteiger partial charge in [0, 0.05) is 18.7 Å². The highest BCUT2D eigenvalue weighted by Gasteiger charge is 2.64. The number of aliphatic carboxylic acids is 1. The van der Waals surface area contributed by atoms with Crippen LogP contribution < -0.4 is 0 Å². The fraction of sp³-hybridized carbons (Fsp3) is 0.294. The molecule has 2 amide bonds. The number of allylic oxidation sites excluding steroid dienone is 2. The number of hydrogen-bond donors (Lipinski definition) is 2. The zero-order chi connectivity index (χ0) is 17.7. The first kappa shape index (κ1) is 15.4. The van der Waals surface area contributed by atoms with Crippen LogP contribution in [0.15, 0.2) is 41.7 Å². The number of hydrogen-bond acceptors (Lipinski definition) is 4. The number of carbonyl (C=O) groups excluding carboxylic acids is 1. The first-order valence-corrected chi connectivity index (χ1v) is 7.87. The summed E-state index contributed by atoms with van der Waals surface area (Å²) in [5.74, 6) is -1.74. The van der Waals surface area contributed by atoms with Gasteiger partial charge in [-0.15, -0.1) is 0 Å². The van der Waals surface area contributed by atoms with Crippen LogP contribution in [-0.2, 0) is 9.59 Å². The molecule has 3 aliphatic heterocycles. The van der Waals surface area contributed by atoms with Crippen LogP contribution in [0.3, 0.4) is 0 Å². The van der Waals surface area contributed by atoms with Crippen LogP contribution in [0.1, 0.15) is 12.1 Å². The molecule has 8 nitrogen and oxygen atoms in total. The van der Waals surface area contributed by atoms with E-state index < -0.39 is 24.0 Å². The van der Waals surface area contributed by atoms with E-state index in [1.807, 2.05) is 6.07 Å². The van der Waals surface area contributed by atoms with Gasteiger partial charge in [-0.25, -0.2) is 9.59 Å². The van der Waals surface area contributed by atoms with Crippen molar-refractivity contribution < 1.29 is 24.6 Å². The molecule has 0 aromatic carbocycles. The minimum atomic E-state index is -1.18. The third-order valence-corrected chi connectivity index (χ3v) is 4.98. The Balaban J connectivity index is 1.70. The summed E-state index contributed by atoms with van der Waals surface area (Å²) in [4.78, 5) is 42.0.